The highest BCUT2D eigenvalue weighted by Gasteiger charge is 2.21. The van der Waals surface area contributed by atoms with E-state index in [0.717, 1.165) is 43.9 Å². The summed E-state index contributed by atoms with van der Waals surface area (Å²) in [5.74, 6) is 1.29. The number of fused-ring (bicyclic) bond motifs is 1. The Morgan fingerprint density at radius 1 is 1.21 bits per heavy atom. The average Bonchev–Trinajstić information content (AvgIpc) is 3.17. The molecule has 1 N–H and O–H groups in total. The van der Waals surface area contributed by atoms with Crippen molar-refractivity contribution < 1.29 is 9.53 Å². The number of aryl methyl sites for hydroxylation is 1. The lowest BCUT2D eigenvalue weighted by molar-refractivity contribution is 0.0936. The minimum atomic E-state index is -0.0984. The molecule has 3 heterocycles. The van der Waals surface area contributed by atoms with Gasteiger partial charge in [-0.15, -0.1) is 0 Å². The molecule has 0 atom stereocenters. The predicted octanol–water partition coefficient (Wildman–Crippen LogP) is 2.69. The molecular weight excluding hydrogens is 366 g/mol. The summed E-state index contributed by atoms with van der Waals surface area (Å²) in [7, 11) is 1.69. The van der Waals surface area contributed by atoms with Crippen molar-refractivity contribution in [1.82, 2.24) is 24.8 Å². The number of nitrogens with zero attached hydrogens (tertiary/aromatic N) is 4. The van der Waals surface area contributed by atoms with Crippen molar-refractivity contribution in [3.63, 3.8) is 0 Å². The number of piperidine rings is 1. The van der Waals surface area contributed by atoms with Crippen molar-refractivity contribution >= 4 is 11.6 Å². The van der Waals surface area contributed by atoms with E-state index in [1.807, 2.05) is 31.3 Å². The first kappa shape index (κ1) is 19.4. The first-order chi connectivity index (χ1) is 14.1. The summed E-state index contributed by atoms with van der Waals surface area (Å²) >= 11 is 0. The van der Waals surface area contributed by atoms with Crippen molar-refractivity contribution in [1.29, 1.82) is 0 Å². The van der Waals surface area contributed by atoms with E-state index in [2.05, 4.69) is 32.4 Å². The van der Waals surface area contributed by atoms with E-state index in [1.165, 1.54) is 5.56 Å². The van der Waals surface area contributed by atoms with Crippen LogP contribution < -0.4 is 10.1 Å². The normalized spacial score (nSPS) is 15.5. The standard InChI is InChI=1S/C22H27N5O2/c1-16-7-12-27-21(25-16)20(14-24-27)22(28)23-13-17-8-10-26(11-9-17)15-18-3-5-19(29-2)6-4-18/h3-7,12,14,17H,8-11,13,15H2,1-2H3,(H,23,28). The lowest BCUT2D eigenvalue weighted by Gasteiger charge is -2.32. The zero-order chi connectivity index (χ0) is 20.2. The van der Waals surface area contributed by atoms with Gasteiger partial charge in [0.2, 0.25) is 0 Å². The minimum absolute atomic E-state index is 0.0984. The first-order valence-electron chi connectivity index (χ1n) is 10.1. The Balaban J connectivity index is 1.26. The van der Waals surface area contributed by atoms with Crippen LogP contribution in [0.4, 0.5) is 0 Å². The lowest BCUT2D eigenvalue weighted by atomic mass is 9.96. The number of aromatic nitrogens is 3. The Kier molecular flexibility index (Phi) is 5.76. The molecule has 1 amide bonds. The molecule has 4 rings (SSSR count). The van der Waals surface area contributed by atoms with Crippen LogP contribution in [0.15, 0.2) is 42.7 Å². The third-order valence-electron chi connectivity index (χ3n) is 5.58. The molecule has 152 valence electrons. The summed E-state index contributed by atoms with van der Waals surface area (Å²) < 4.78 is 6.86. The van der Waals surface area contributed by atoms with E-state index in [9.17, 15) is 4.79 Å². The van der Waals surface area contributed by atoms with Gasteiger partial charge >= 0.3 is 0 Å². The van der Waals surface area contributed by atoms with E-state index < -0.39 is 0 Å². The number of hydrogen-bond acceptors (Lipinski definition) is 5. The van der Waals surface area contributed by atoms with Gasteiger partial charge in [0.25, 0.3) is 5.91 Å². The zero-order valence-electron chi connectivity index (χ0n) is 17.0. The van der Waals surface area contributed by atoms with Crippen molar-refractivity contribution in [2.24, 2.45) is 5.92 Å². The Labute approximate surface area is 170 Å². The van der Waals surface area contributed by atoms with Crippen LogP contribution in [0.2, 0.25) is 0 Å². The molecule has 1 aromatic carbocycles. The Morgan fingerprint density at radius 2 is 1.97 bits per heavy atom. The van der Waals surface area contributed by atoms with Gasteiger partial charge in [-0.3, -0.25) is 9.69 Å². The minimum Gasteiger partial charge on any atom is -0.497 e. The van der Waals surface area contributed by atoms with E-state index in [1.54, 1.807) is 17.8 Å². The summed E-state index contributed by atoms with van der Waals surface area (Å²) in [5.41, 5.74) is 3.31. The van der Waals surface area contributed by atoms with Gasteiger partial charge in [-0.25, -0.2) is 9.50 Å². The Hall–Kier alpha value is -2.93. The Bertz CT molecular complexity index is 975. The van der Waals surface area contributed by atoms with Crippen LogP contribution in [0.3, 0.4) is 0 Å². The number of rotatable bonds is 6. The van der Waals surface area contributed by atoms with Gasteiger partial charge in [-0.05, 0) is 62.5 Å². The number of benzene rings is 1. The number of likely N-dealkylation sites (tertiary alicyclic amines) is 1. The third-order valence-corrected chi connectivity index (χ3v) is 5.58. The van der Waals surface area contributed by atoms with Gasteiger partial charge in [0.1, 0.15) is 11.3 Å². The van der Waals surface area contributed by atoms with Crippen LogP contribution in [0.1, 0.15) is 34.5 Å². The molecule has 7 heteroatoms. The molecule has 0 bridgehead atoms. The molecule has 1 aliphatic rings. The van der Waals surface area contributed by atoms with Crippen LogP contribution >= 0.6 is 0 Å². The summed E-state index contributed by atoms with van der Waals surface area (Å²) in [6.45, 7) is 5.65. The highest BCUT2D eigenvalue weighted by Crippen LogP contribution is 2.20. The van der Waals surface area contributed by atoms with E-state index >= 15 is 0 Å². The molecule has 0 unspecified atom stereocenters. The second-order valence-electron chi connectivity index (χ2n) is 7.67. The van der Waals surface area contributed by atoms with E-state index in [0.29, 0.717) is 23.7 Å². The van der Waals surface area contributed by atoms with Gasteiger partial charge in [-0.2, -0.15) is 5.10 Å². The number of ether oxygens (including phenoxy) is 1. The van der Waals surface area contributed by atoms with E-state index in [4.69, 9.17) is 4.74 Å². The van der Waals surface area contributed by atoms with Crippen molar-refractivity contribution in [2.45, 2.75) is 26.3 Å². The van der Waals surface area contributed by atoms with Gasteiger partial charge in [0, 0.05) is 25.0 Å². The summed E-state index contributed by atoms with van der Waals surface area (Å²) in [6, 6.07) is 10.1. The van der Waals surface area contributed by atoms with Gasteiger partial charge in [0.05, 0.1) is 13.3 Å². The van der Waals surface area contributed by atoms with Crippen LogP contribution in [0, 0.1) is 12.8 Å². The maximum Gasteiger partial charge on any atom is 0.256 e. The van der Waals surface area contributed by atoms with Crippen molar-refractivity contribution in [3.05, 3.63) is 59.5 Å². The van der Waals surface area contributed by atoms with E-state index in [-0.39, 0.29) is 5.91 Å². The number of amides is 1. The van der Waals surface area contributed by atoms with Crippen LogP contribution in [0.5, 0.6) is 5.75 Å². The summed E-state index contributed by atoms with van der Waals surface area (Å²) in [6.07, 6.45) is 5.59. The van der Waals surface area contributed by atoms with Crippen molar-refractivity contribution in [3.8, 4) is 5.75 Å². The molecule has 29 heavy (non-hydrogen) atoms. The molecule has 0 spiro atoms. The number of methoxy groups -OCH3 is 1. The second-order valence-corrected chi connectivity index (χ2v) is 7.67. The Morgan fingerprint density at radius 3 is 2.69 bits per heavy atom. The molecular formula is C22H27N5O2. The molecule has 2 aromatic heterocycles. The highest BCUT2D eigenvalue weighted by molar-refractivity contribution is 5.99. The largest absolute Gasteiger partial charge is 0.497 e. The van der Waals surface area contributed by atoms with Gasteiger partial charge < -0.3 is 10.1 Å². The fourth-order valence-electron chi connectivity index (χ4n) is 3.79. The topological polar surface area (TPSA) is 71.8 Å². The van der Waals surface area contributed by atoms with Crippen LogP contribution in [-0.2, 0) is 6.54 Å². The molecule has 0 saturated carbocycles. The molecule has 3 aromatic rings. The van der Waals surface area contributed by atoms with Gasteiger partial charge in [-0.1, -0.05) is 12.1 Å². The van der Waals surface area contributed by atoms with Crippen molar-refractivity contribution in [2.75, 3.05) is 26.7 Å². The van der Waals surface area contributed by atoms with Gasteiger partial charge in [0.15, 0.2) is 5.65 Å². The fraction of sp³-hybridized carbons (Fsp3) is 0.409. The average molecular weight is 393 g/mol. The molecule has 0 radical (unpaired) electrons. The highest BCUT2D eigenvalue weighted by atomic mass is 16.5. The smallest absolute Gasteiger partial charge is 0.256 e. The monoisotopic (exact) mass is 393 g/mol. The van der Waals surface area contributed by atoms with Crippen LogP contribution in [-0.4, -0.2) is 52.1 Å². The molecule has 7 nitrogen and oxygen atoms in total. The summed E-state index contributed by atoms with van der Waals surface area (Å²) in [5, 5.41) is 7.29. The molecule has 1 saturated heterocycles. The van der Waals surface area contributed by atoms with Crippen LogP contribution in [0.25, 0.3) is 5.65 Å². The molecule has 0 aliphatic carbocycles. The molecule has 1 aliphatic heterocycles. The first-order valence-corrected chi connectivity index (χ1v) is 10.1. The number of nitrogens with one attached hydrogen (secondary N) is 1. The quantitative estimate of drug-likeness (QED) is 0.697. The number of hydrogen-bond donors (Lipinski definition) is 1. The zero-order valence-corrected chi connectivity index (χ0v) is 17.0. The summed E-state index contributed by atoms with van der Waals surface area (Å²) in [4.78, 5) is 19.5. The fourth-order valence-corrected chi connectivity index (χ4v) is 3.79. The maximum atomic E-state index is 12.6. The predicted molar refractivity (Wildman–Crippen MR) is 111 cm³/mol. The maximum absolute atomic E-state index is 12.6. The SMILES string of the molecule is COc1ccc(CN2CCC(CNC(=O)c3cnn4ccc(C)nc34)CC2)cc1. The second kappa shape index (κ2) is 8.61. The number of carbonyl (C=O) groups is 1. The number of carbonyl (C=O) groups excluding carboxylic acids is 1. The third kappa shape index (κ3) is 4.56. The lowest BCUT2D eigenvalue weighted by Crippen LogP contribution is -2.38. The molecule has 1 fully saturated rings.